The molecule has 2 rings (SSSR count). The molecule has 0 amide bonds. The average molecular weight is 265 g/mol. The molecule has 100 valence electrons. The largest absolute Gasteiger partial charge is 0.455 e. The van der Waals surface area contributed by atoms with Crippen LogP contribution < -0.4 is 5.32 Å². The van der Waals surface area contributed by atoms with Crippen LogP contribution in [0.1, 0.15) is 18.4 Å². The zero-order chi connectivity index (χ0) is 13.4. The molecule has 1 aliphatic rings. The molecule has 1 heterocycles. The van der Waals surface area contributed by atoms with Crippen molar-refractivity contribution in [2.24, 2.45) is 0 Å². The van der Waals surface area contributed by atoms with E-state index in [9.17, 15) is 22.0 Å². The first-order valence-electron chi connectivity index (χ1n) is 5.56. The standard InChI is InChI=1S/C12H12F5N/c13-11(14,12(15,16)17)10(7-4-8-18-10)9-5-2-1-3-6-9/h1-3,5-6,18H,4,7-8H2/t10-/m1/s1. The number of hydrogen-bond donors (Lipinski definition) is 1. The summed E-state index contributed by atoms with van der Waals surface area (Å²) in [6.07, 6.45) is -5.51. The van der Waals surface area contributed by atoms with Gasteiger partial charge < -0.3 is 5.32 Å². The molecule has 18 heavy (non-hydrogen) atoms. The zero-order valence-corrected chi connectivity index (χ0v) is 9.40. The van der Waals surface area contributed by atoms with Crippen LogP contribution in [0.4, 0.5) is 22.0 Å². The highest BCUT2D eigenvalue weighted by Gasteiger charge is 2.71. The molecule has 0 unspecified atom stereocenters. The number of halogens is 5. The van der Waals surface area contributed by atoms with Crippen molar-refractivity contribution in [1.82, 2.24) is 5.32 Å². The van der Waals surface area contributed by atoms with Gasteiger partial charge in [0, 0.05) is 0 Å². The summed E-state index contributed by atoms with van der Waals surface area (Å²) in [4.78, 5) is 0. The molecule has 0 radical (unpaired) electrons. The second-order valence-corrected chi connectivity index (χ2v) is 4.37. The summed E-state index contributed by atoms with van der Waals surface area (Å²) in [5.41, 5.74) is -2.36. The lowest BCUT2D eigenvalue weighted by atomic mass is 9.82. The highest BCUT2D eigenvalue weighted by molar-refractivity contribution is 5.30. The van der Waals surface area contributed by atoms with E-state index in [1.165, 1.54) is 24.3 Å². The first kappa shape index (κ1) is 13.3. The van der Waals surface area contributed by atoms with Gasteiger partial charge in [-0.15, -0.1) is 0 Å². The first-order valence-corrected chi connectivity index (χ1v) is 5.56. The second-order valence-electron chi connectivity index (χ2n) is 4.37. The maximum atomic E-state index is 13.8. The molecular formula is C12H12F5N. The molecular weight excluding hydrogens is 253 g/mol. The maximum absolute atomic E-state index is 13.8. The van der Waals surface area contributed by atoms with Crippen LogP contribution in [0.5, 0.6) is 0 Å². The van der Waals surface area contributed by atoms with Gasteiger partial charge in [0.05, 0.1) is 0 Å². The van der Waals surface area contributed by atoms with Crippen LogP contribution >= 0.6 is 0 Å². The summed E-state index contributed by atoms with van der Waals surface area (Å²) in [7, 11) is 0. The van der Waals surface area contributed by atoms with Gasteiger partial charge in [-0.1, -0.05) is 30.3 Å². The van der Waals surface area contributed by atoms with Gasteiger partial charge in [0.1, 0.15) is 5.54 Å². The Labute approximate surface area is 101 Å². The number of benzene rings is 1. The quantitative estimate of drug-likeness (QED) is 0.807. The normalized spacial score (nSPS) is 25.4. The fourth-order valence-corrected chi connectivity index (χ4v) is 2.40. The number of alkyl halides is 5. The highest BCUT2D eigenvalue weighted by Crippen LogP contribution is 2.52. The summed E-state index contributed by atoms with van der Waals surface area (Å²) in [5, 5.41) is 2.36. The predicted molar refractivity (Wildman–Crippen MR) is 56.4 cm³/mol. The number of hydrogen-bond acceptors (Lipinski definition) is 1. The molecule has 1 aromatic carbocycles. The summed E-state index contributed by atoms with van der Waals surface area (Å²) in [6, 6.07) is 7.11. The minimum absolute atomic E-state index is 0.0233. The highest BCUT2D eigenvalue weighted by atomic mass is 19.4. The van der Waals surface area contributed by atoms with E-state index in [-0.39, 0.29) is 18.5 Å². The van der Waals surface area contributed by atoms with Crippen LogP contribution in [0.25, 0.3) is 0 Å². The molecule has 1 aliphatic heterocycles. The minimum Gasteiger partial charge on any atom is -0.302 e. The topological polar surface area (TPSA) is 12.0 Å². The van der Waals surface area contributed by atoms with Crippen molar-refractivity contribution in [3.63, 3.8) is 0 Å². The predicted octanol–water partition coefficient (Wildman–Crippen LogP) is 3.46. The molecule has 1 nitrogen and oxygen atoms in total. The third-order valence-electron chi connectivity index (χ3n) is 3.31. The summed E-state index contributed by atoms with van der Waals surface area (Å²) in [6.45, 7) is 0.153. The van der Waals surface area contributed by atoms with Gasteiger partial charge in [0.15, 0.2) is 0 Å². The number of nitrogens with one attached hydrogen (secondary N) is 1. The van der Waals surface area contributed by atoms with E-state index in [4.69, 9.17) is 0 Å². The molecule has 0 bridgehead atoms. The van der Waals surface area contributed by atoms with Crippen molar-refractivity contribution >= 4 is 0 Å². The Morgan fingerprint density at radius 1 is 1.00 bits per heavy atom. The van der Waals surface area contributed by atoms with Crippen molar-refractivity contribution < 1.29 is 22.0 Å². The van der Waals surface area contributed by atoms with Gasteiger partial charge in [-0.3, -0.25) is 0 Å². The lowest BCUT2D eigenvalue weighted by molar-refractivity contribution is -0.312. The van der Waals surface area contributed by atoms with Crippen LogP contribution in [0, 0.1) is 0 Å². The van der Waals surface area contributed by atoms with Crippen molar-refractivity contribution in [1.29, 1.82) is 0 Å². The van der Waals surface area contributed by atoms with Gasteiger partial charge in [-0.05, 0) is 24.9 Å². The van der Waals surface area contributed by atoms with E-state index in [0.717, 1.165) is 0 Å². The van der Waals surface area contributed by atoms with Crippen molar-refractivity contribution in [3.8, 4) is 0 Å². The second kappa shape index (κ2) is 4.19. The van der Waals surface area contributed by atoms with Crippen molar-refractivity contribution in [2.45, 2.75) is 30.5 Å². The zero-order valence-electron chi connectivity index (χ0n) is 9.40. The lowest BCUT2D eigenvalue weighted by Gasteiger charge is -2.38. The molecule has 1 atom stereocenters. The molecule has 1 N–H and O–H groups in total. The lowest BCUT2D eigenvalue weighted by Crippen LogP contribution is -2.59. The molecule has 6 heteroatoms. The summed E-state index contributed by atoms with van der Waals surface area (Å²) < 4.78 is 65.5. The molecule has 0 saturated carbocycles. The van der Waals surface area contributed by atoms with Crippen LogP contribution in [0.2, 0.25) is 0 Å². The Kier molecular flexibility index (Phi) is 3.09. The average Bonchev–Trinajstić information content (AvgIpc) is 2.79. The Bertz CT molecular complexity index is 406. The van der Waals surface area contributed by atoms with Gasteiger partial charge in [0.2, 0.25) is 0 Å². The Hall–Kier alpha value is -1.17. The summed E-state index contributed by atoms with van der Waals surface area (Å²) in [5.74, 6) is -4.79. The van der Waals surface area contributed by atoms with Crippen molar-refractivity contribution in [2.75, 3.05) is 6.54 Å². The monoisotopic (exact) mass is 265 g/mol. The minimum atomic E-state index is -5.57. The van der Waals surface area contributed by atoms with E-state index in [1.807, 2.05) is 0 Å². The summed E-state index contributed by atoms with van der Waals surface area (Å²) >= 11 is 0. The molecule has 0 aromatic heterocycles. The SMILES string of the molecule is FC(F)(F)C(F)(F)[C@]1(c2ccccc2)CCCN1. The van der Waals surface area contributed by atoms with Crippen LogP contribution in [0.3, 0.4) is 0 Å². The first-order chi connectivity index (χ1) is 8.31. The van der Waals surface area contributed by atoms with E-state index in [2.05, 4.69) is 5.32 Å². The number of rotatable bonds is 2. The molecule has 1 aromatic rings. The fourth-order valence-electron chi connectivity index (χ4n) is 2.40. The maximum Gasteiger partial charge on any atom is 0.455 e. The van der Waals surface area contributed by atoms with E-state index >= 15 is 0 Å². The third-order valence-corrected chi connectivity index (χ3v) is 3.31. The van der Waals surface area contributed by atoms with Crippen LogP contribution in [0.15, 0.2) is 30.3 Å². The Balaban J connectivity index is 2.52. The van der Waals surface area contributed by atoms with E-state index < -0.39 is 17.6 Å². The van der Waals surface area contributed by atoms with E-state index in [0.29, 0.717) is 6.42 Å². The fraction of sp³-hybridized carbons (Fsp3) is 0.500. The van der Waals surface area contributed by atoms with E-state index in [1.54, 1.807) is 6.07 Å². The third kappa shape index (κ3) is 1.79. The van der Waals surface area contributed by atoms with Crippen molar-refractivity contribution in [3.05, 3.63) is 35.9 Å². The van der Waals surface area contributed by atoms with Gasteiger partial charge in [0.25, 0.3) is 0 Å². The van der Waals surface area contributed by atoms with Gasteiger partial charge >= 0.3 is 12.1 Å². The van der Waals surface area contributed by atoms with Crippen LogP contribution in [-0.4, -0.2) is 18.6 Å². The molecule has 1 saturated heterocycles. The Morgan fingerprint density at radius 3 is 2.06 bits per heavy atom. The molecule has 1 fully saturated rings. The molecule has 0 spiro atoms. The molecule has 0 aliphatic carbocycles. The van der Waals surface area contributed by atoms with Gasteiger partial charge in [-0.25, -0.2) is 0 Å². The van der Waals surface area contributed by atoms with Crippen LogP contribution in [-0.2, 0) is 5.54 Å². The smallest absolute Gasteiger partial charge is 0.302 e. The van der Waals surface area contributed by atoms with Gasteiger partial charge in [-0.2, -0.15) is 22.0 Å². The Morgan fingerprint density at radius 2 is 1.61 bits per heavy atom.